The lowest BCUT2D eigenvalue weighted by atomic mass is 10.0. The number of hydrogen-bond acceptors (Lipinski definition) is 4. The molecule has 4 nitrogen and oxygen atoms in total. The van der Waals surface area contributed by atoms with Crippen LogP contribution in [-0.4, -0.2) is 16.6 Å². The average molecular weight is 221 g/mol. The van der Waals surface area contributed by atoms with Crippen molar-refractivity contribution in [3.8, 4) is 0 Å². The molecule has 0 fully saturated rings. The first-order valence-corrected chi connectivity index (χ1v) is 5.89. The summed E-state index contributed by atoms with van der Waals surface area (Å²) in [6, 6.07) is 0. The van der Waals surface area contributed by atoms with Crippen LogP contribution >= 0.6 is 0 Å². The number of aromatic nitrogens is 2. The molecule has 1 N–H and O–H groups in total. The van der Waals surface area contributed by atoms with E-state index in [2.05, 4.69) is 29.1 Å². The van der Waals surface area contributed by atoms with E-state index in [-0.39, 0.29) is 5.60 Å². The van der Waals surface area contributed by atoms with Gasteiger partial charge in [-0.2, -0.15) is 0 Å². The maximum absolute atomic E-state index is 5.78. The van der Waals surface area contributed by atoms with Gasteiger partial charge in [0, 0.05) is 31.5 Å². The van der Waals surface area contributed by atoms with Crippen molar-refractivity contribution in [2.24, 2.45) is 0 Å². The normalized spacial score (nSPS) is 18.2. The highest BCUT2D eigenvalue weighted by Gasteiger charge is 2.29. The van der Waals surface area contributed by atoms with Gasteiger partial charge in [0.1, 0.15) is 5.60 Å². The summed E-state index contributed by atoms with van der Waals surface area (Å²) in [7, 11) is 0. The molecule has 0 spiro atoms. The largest absolute Gasteiger partial charge is 0.368 e. The van der Waals surface area contributed by atoms with Crippen LogP contribution in [0.5, 0.6) is 0 Å². The second-order valence-corrected chi connectivity index (χ2v) is 4.29. The lowest BCUT2D eigenvalue weighted by molar-refractivity contribution is -0.0391. The lowest BCUT2D eigenvalue weighted by Crippen LogP contribution is -2.28. The van der Waals surface area contributed by atoms with Crippen LogP contribution < -0.4 is 5.32 Å². The Hall–Kier alpha value is -1.00. The van der Waals surface area contributed by atoms with E-state index in [1.54, 1.807) is 0 Å². The van der Waals surface area contributed by atoms with E-state index in [0.717, 1.165) is 31.0 Å². The van der Waals surface area contributed by atoms with Gasteiger partial charge in [-0.15, -0.1) is 0 Å². The molecule has 2 heterocycles. The predicted octanol–water partition coefficient (Wildman–Crippen LogP) is 1.74. The Balaban J connectivity index is 2.32. The predicted molar refractivity (Wildman–Crippen MR) is 61.8 cm³/mol. The summed E-state index contributed by atoms with van der Waals surface area (Å²) in [5, 5.41) is 3.27. The van der Waals surface area contributed by atoms with E-state index in [9.17, 15) is 0 Å². The molecule has 0 saturated heterocycles. The summed E-state index contributed by atoms with van der Waals surface area (Å²) >= 11 is 0. The van der Waals surface area contributed by atoms with Crippen molar-refractivity contribution in [3.63, 3.8) is 0 Å². The topological polar surface area (TPSA) is 47.0 Å². The summed E-state index contributed by atoms with van der Waals surface area (Å²) in [6.07, 6.45) is 2.80. The van der Waals surface area contributed by atoms with Crippen LogP contribution in [0.15, 0.2) is 6.20 Å². The Morgan fingerprint density at radius 1 is 1.44 bits per heavy atom. The fourth-order valence-corrected chi connectivity index (χ4v) is 1.96. The van der Waals surface area contributed by atoms with Crippen molar-refractivity contribution in [3.05, 3.63) is 23.3 Å². The van der Waals surface area contributed by atoms with Crippen LogP contribution in [0.1, 0.15) is 44.3 Å². The van der Waals surface area contributed by atoms with Gasteiger partial charge >= 0.3 is 0 Å². The molecule has 1 aliphatic rings. The number of ether oxygens (including phenoxy) is 1. The number of nitrogens with zero attached hydrogens (tertiary/aromatic N) is 2. The maximum Gasteiger partial charge on any atom is 0.160 e. The second kappa shape index (κ2) is 4.47. The molecular weight excluding hydrogens is 202 g/mol. The van der Waals surface area contributed by atoms with Gasteiger partial charge < -0.3 is 10.1 Å². The van der Waals surface area contributed by atoms with E-state index in [4.69, 9.17) is 4.74 Å². The monoisotopic (exact) mass is 221 g/mol. The Bertz CT molecular complexity index is 381. The molecule has 1 aromatic heterocycles. The number of fused-ring (bicyclic) bond motifs is 1. The van der Waals surface area contributed by atoms with Crippen molar-refractivity contribution in [1.82, 2.24) is 15.3 Å². The Kier molecular flexibility index (Phi) is 3.21. The second-order valence-electron chi connectivity index (χ2n) is 4.29. The highest BCUT2D eigenvalue weighted by molar-refractivity contribution is 5.22. The molecule has 0 amide bonds. The molecule has 2 rings (SSSR count). The lowest BCUT2D eigenvalue weighted by Gasteiger charge is -2.26. The van der Waals surface area contributed by atoms with Crippen molar-refractivity contribution in [1.29, 1.82) is 0 Å². The van der Waals surface area contributed by atoms with Crippen LogP contribution in [0.25, 0.3) is 0 Å². The summed E-state index contributed by atoms with van der Waals surface area (Å²) in [4.78, 5) is 9.05. The van der Waals surface area contributed by atoms with Crippen LogP contribution in [0.3, 0.4) is 0 Å². The van der Waals surface area contributed by atoms with Gasteiger partial charge in [0.25, 0.3) is 0 Å². The van der Waals surface area contributed by atoms with Gasteiger partial charge in [0.15, 0.2) is 5.82 Å². The molecule has 0 aliphatic carbocycles. The van der Waals surface area contributed by atoms with Gasteiger partial charge in [-0.05, 0) is 20.3 Å². The number of hydrogen-bond donors (Lipinski definition) is 1. The fourth-order valence-electron chi connectivity index (χ4n) is 1.96. The molecule has 1 aliphatic heterocycles. The third-order valence-corrected chi connectivity index (χ3v) is 3.17. The van der Waals surface area contributed by atoms with Crippen molar-refractivity contribution >= 4 is 0 Å². The first kappa shape index (κ1) is 11.5. The number of nitrogens with one attached hydrogen (secondary N) is 1. The third kappa shape index (κ3) is 1.95. The third-order valence-electron chi connectivity index (χ3n) is 3.17. The van der Waals surface area contributed by atoms with Crippen molar-refractivity contribution in [2.75, 3.05) is 6.61 Å². The Labute approximate surface area is 96.4 Å². The van der Waals surface area contributed by atoms with E-state index in [0.29, 0.717) is 6.61 Å². The zero-order valence-electron chi connectivity index (χ0n) is 10.2. The molecule has 0 radical (unpaired) electrons. The smallest absolute Gasteiger partial charge is 0.160 e. The van der Waals surface area contributed by atoms with E-state index < -0.39 is 0 Å². The van der Waals surface area contributed by atoms with Crippen LogP contribution in [0, 0.1) is 0 Å². The van der Waals surface area contributed by atoms with E-state index in [1.807, 2.05) is 13.1 Å². The van der Waals surface area contributed by atoms with Crippen molar-refractivity contribution < 1.29 is 4.74 Å². The molecule has 0 saturated carbocycles. The highest BCUT2D eigenvalue weighted by Crippen LogP contribution is 2.27. The molecule has 1 atom stereocenters. The maximum atomic E-state index is 5.78. The minimum Gasteiger partial charge on any atom is -0.368 e. The minimum absolute atomic E-state index is 0.355. The first-order chi connectivity index (χ1) is 7.69. The molecule has 88 valence electrons. The average Bonchev–Trinajstić information content (AvgIpc) is 2.76. The van der Waals surface area contributed by atoms with Gasteiger partial charge in [0.2, 0.25) is 0 Å². The standard InChI is InChI=1S/C12H19N3O/c1-4-12(3,16-5-2)11-14-7-9-6-13-8-10(9)15-11/h7,13H,4-6,8H2,1-3H3. The van der Waals surface area contributed by atoms with Gasteiger partial charge in [-0.1, -0.05) is 6.92 Å². The molecular formula is C12H19N3O. The molecule has 16 heavy (non-hydrogen) atoms. The summed E-state index contributed by atoms with van der Waals surface area (Å²) in [5.74, 6) is 0.805. The summed E-state index contributed by atoms with van der Waals surface area (Å²) < 4.78 is 5.78. The SMILES string of the molecule is CCOC(C)(CC)c1ncc2c(n1)CNC2. The molecule has 0 aromatic carbocycles. The zero-order chi connectivity index (χ0) is 11.6. The zero-order valence-corrected chi connectivity index (χ0v) is 10.2. The van der Waals surface area contributed by atoms with Crippen LogP contribution in [0.4, 0.5) is 0 Å². The van der Waals surface area contributed by atoms with Crippen LogP contribution in [-0.2, 0) is 23.4 Å². The van der Waals surface area contributed by atoms with Gasteiger partial charge in [-0.25, -0.2) is 9.97 Å². The summed E-state index contributed by atoms with van der Waals surface area (Å²) in [5.41, 5.74) is 1.97. The Morgan fingerprint density at radius 2 is 2.25 bits per heavy atom. The molecule has 4 heteroatoms. The molecule has 0 bridgehead atoms. The fraction of sp³-hybridized carbons (Fsp3) is 0.667. The molecule has 1 aromatic rings. The Morgan fingerprint density at radius 3 is 2.94 bits per heavy atom. The number of rotatable bonds is 4. The van der Waals surface area contributed by atoms with E-state index >= 15 is 0 Å². The minimum atomic E-state index is -0.355. The quantitative estimate of drug-likeness (QED) is 0.841. The highest BCUT2D eigenvalue weighted by atomic mass is 16.5. The van der Waals surface area contributed by atoms with Gasteiger partial charge in [-0.3, -0.25) is 0 Å². The molecule has 1 unspecified atom stereocenters. The van der Waals surface area contributed by atoms with Gasteiger partial charge in [0.05, 0.1) is 5.69 Å². The first-order valence-electron chi connectivity index (χ1n) is 5.89. The van der Waals surface area contributed by atoms with E-state index in [1.165, 1.54) is 5.56 Å². The van der Waals surface area contributed by atoms with Crippen molar-refractivity contribution in [2.45, 2.75) is 45.9 Å². The van der Waals surface area contributed by atoms with Crippen LogP contribution in [0.2, 0.25) is 0 Å². The summed E-state index contributed by atoms with van der Waals surface area (Å²) in [6.45, 7) is 8.57.